The first-order valence-electron chi connectivity index (χ1n) is 9.70. The fourth-order valence-corrected chi connectivity index (χ4v) is 5.84. The van der Waals surface area contributed by atoms with Crippen molar-refractivity contribution in [3.63, 3.8) is 0 Å². The number of carbonyl (C=O) groups excluding carboxylic acids is 1. The van der Waals surface area contributed by atoms with Crippen LogP contribution in [0.2, 0.25) is 0 Å². The van der Waals surface area contributed by atoms with E-state index in [0.717, 1.165) is 0 Å². The third-order valence-electron chi connectivity index (χ3n) is 5.40. The van der Waals surface area contributed by atoms with E-state index >= 15 is 0 Å². The van der Waals surface area contributed by atoms with E-state index in [0.29, 0.717) is 24.2 Å². The Morgan fingerprint density at radius 3 is 1.97 bits per heavy atom. The maximum Gasteiger partial charge on any atom is 0.243 e. The highest BCUT2D eigenvalue weighted by atomic mass is 32.2. The van der Waals surface area contributed by atoms with Crippen molar-refractivity contribution < 1.29 is 26.4 Å². The molecule has 1 heterocycles. The van der Waals surface area contributed by atoms with Gasteiger partial charge in [0.25, 0.3) is 0 Å². The van der Waals surface area contributed by atoms with Crippen LogP contribution in [0.5, 0.6) is 5.75 Å². The summed E-state index contributed by atoms with van der Waals surface area (Å²) < 4.78 is 56.1. The molecule has 0 amide bonds. The lowest BCUT2D eigenvalue weighted by atomic mass is 9.89. The number of ether oxygens (including phenoxy) is 1. The molecule has 0 bridgehead atoms. The van der Waals surface area contributed by atoms with Gasteiger partial charge in [-0.15, -0.1) is 0 Å². The average molecular weight is 452 g/mol. The predicted octanol–water partition coefficient (Wildman–Crippen LogP) is 2.77. The van der Waals surface area contributed by atoms with Crippen molar-refractivity contribution in [1.29, 1.82) is 0 Å². The first-order valence-corrected chi connectivity index (χ1v) is 12.8. The maximum atomic E-state index is 12.9. The van der Waals surface area contributed by atoms with Gasteiger partial charge < -0.3 is 4.74 Å². The predicted molar refractivity (Wildman–Crippen MR) is 113 cm³/mol. The topological polar surface area (TPSA) is 97.8 Å². The largest absolute Gasteiger partial charge is 0.497 e. The molecule has 0 N–H and O–H groups in total. The van der Waals surface area contributed by atoms with E-state index in [1.54, 1.807) is 31.4 Å². The molecule has 9 heteroatoms. The van der Waals surface area contributed by atoms with Gasteiger partial charge in [0.1, 0.15) is 5.75 Å². The van der Waals surface area contributed by atoms with Crippen LogP contribution in [0.1, 0.15) is 30.1 Å². The van der Waals surface area contributed by atoms with E-state index in [2.05, 4.69) is 0 Å². The van der Waals surface area contributed by atoms with Crippen LogP contribution in [0.3, 0.4) is 0 Å². The minimum absolute atomic E-state index is 0.00354. The van der Waals surface area contributed by atoms with E-state index in [-0.39, 0.29) is 40.3 Å². The highest BCUT2D eigenvalue weighted by molar-refractivity contribution is 7.91. The summed E-state index contributed by atoms with van der Waals surface area (Å²) in [5.41, 5.74) is 0.588. The molecule has 1 fully saturated rings. The lowest BCUT2D eigenvalue weighted by molar-refractivity contribution is 0.0875. The Bertz CT molecular complexity index is 1100. The number of hydrogen-bond donors (Lipinski definition) is 0. The summed E-state index contributed by atoms with van der Waals surface area (Å²) in [6, 6.07) is 12.2. The minimum atomic E-state index is -3.74. The maximum absolute atomic E-state index is 12.9. The van der Waals surface area contributed by atoms with Crippen LogP contribution in [-0.2, 0) is 19.9 Å². The second-order valence-electron chi connectivity index (χ2n) is 7.15. The Morgan fingerprint density at radius 2 is 1.47 bits per heavy atom. The number of ketones is 1. The lowest BCUT2D eigenvalue weighted by Crippen LogP contribution is -2.40. The molecular weight excluding hydrogens is 426 g/mol. The van der Waals surface area contributed by atoms with Crippen LogP contribution in [0, 0.1) is 5.92 Å². The quantitative estimate of drug-likeness (QED) is 0.601. The molecule has 3 rings (SSSR count). The number of methoxy groups -OCH3 is 1. The Hall–Kier alpha value is -2.23. The minimum Gasteiger partial charge on any atom is -0.497 e. The van der Waals surface area contributed by atoms with Crippen molar-refractivity contribution in [3.8, 4) is 5.75 Å². The van der Waals surface area contributed by atoms with Gasteiger partial charge >= 0.3 is 0 Å². The third kappa shape index (κ3) is 4.58. The fourth-order valence-electron chi connectivity index (χ4n) is 3.48. The summed E-state index contributed by atoms with van der Waals surface area (Å²) in [5.74, 6) is 0.394. The number of benzene rings is 2. The van der Waals surface area contributed by atoms with E-state index < -0.39 is 19.9 Å². The van der Waals surface area contributed by atoms with Gasteiger partial charge in [-0.1, -0.05) is 6.92 Å². The van der Waals surface area contributed by atoms with Gasteiger partial charge in [-0.25, -0.2) is 16.8 Å². The number of sulfone groups is 1. The fraction of sp³-hybridized carbons (Fsp3) is 0.381. The summed E-state index contributed by atoms with van der Waals surface area (Å²) in [6.45, 7) is 2.02. The zero-order valence-electron chi connectivity index (χ0n) is 16.9. The van der Waals surface area contributed by atoms with E-state index in [1.807, 2.05) is 0 Å². The number of hydrogen-bond acceptors (Lipinski definition) is 6. The summed E-state index contributed by atoms with van der Waals surface area (Å²) in [4.78, 5) is 12.9. The van der Waals surface area contributed by atoms with Gasteiger partial charge in [-0.2, -0.15) is 4.31 Å². The van der Waals surface area contributed by atoms with Crippen molar-refractivity contribution in [2.24, 2.45) is 5.92 Å². The molecule has 162 valence electrons. The average Bonchev–Trinajstić information content (AvgIpc) is 2.78. The van der Waals surface area contributed by atoms with Gasteiger partial charge in [0, 0.05) is 24.6 Å². The highest BCUT2D eigenvalue weighted by Crippen LogP contribution is 2.27. The van der Waals surface area contributed by atoms with Crippen molar-refractivity contribution in [2.45, 2.75) is 29.6 Å². The first-order chi connectivity index (χ1) is 14.2. The Labute approximate surface area is 177 Å². The van der Waals surface area contributed by atoms with Crippen LogP contribution in [0.4, 0.5) is 0 Å². The lowest BCUT2D eigenvalue weighted by Gasteiger charge is -2.30. The zero-order valence-corrected chi connectivity index (χ0v) is 18.6. The number of Topliss-reactive ketones (excluding diaryl/α,β-unsaturated/α-hetero) is 1. The summed E-state index contributed by atoms with van der Waals surface area (Å²) in [6.07, 6.45) is 0.874. The molecule has 7 nitrogen and oxygen atoms in total. The standard InChI is InChI=1S/C21H25NO6S2/c1-3-29(24,25)19-8-10-20(11-9-19)30(26,27)22-14-12-17(13-15-22)21(23)16-4-6-18(28-2)7-5-16/h4-11,17H,3,12-15H2,1-2H3. The molecule has 1 aliphatic rings. The third-order valence-corrected chi connectivity index (χ3v) is 9.06. The number of sulfonamides is 1. The van der Waals surface area contributed by atoms with E-state index in [4.69, 9.17) is 4.74 Å². The molecule has 2 aromatic carbocycles. The molecule has 0 radical (unpaired) electrons. The molecule has 0 aromatic heterocycles. The van der Waals surface area contributed by atoms with Crippen LogP contribution in [-0.4, -0.2) is 52.9 Å². The first kappa shape index (κ1) is 22.5. The number of rotatable bonds is 7. The van der Waals surface area contributed by atoms with Gasteiger partial charge in [0.05, 0.1) is 22.7 Å². The van der Waals surface area contributed by atoms with Gasteiger partial charge in [0.15, 0.2) is 15.6 Å². The van der Waals surface area contributed by atoms with Crippen molar-refractivity contribution in [3.05, 3.63) is 54.1 Å². The van der Waals surface area contributed by atoms with Crippen LogP contribution < -0.4 is 4.74 Å². The Morgan fingerprint density at radius 1 is 0.933 bits per heavy atom. The summed E-state index contributed by atoms with van der Waals surface area (Å²) in [5, 5.41) is 0. The number of nitrogens with zero attached hydrogens (tertiary/aromatic N) is 1. The molecule has 0 unspecified atom stereocenters. The number of piperidine rings is 1. The Balaban J connectivity index is 1.68. The van der Waals surface area contributed by atoms with Crippen molar-refractivity contribution in [2.75, 3.05) is 26.0 Å². The van der Waals surface area contributed by atoms with Crippen molar-refractivity contribution >= 4 is 25.6 Å². The summed E-state index contributed by atoms with van der Waals surface area (Å²) in [7, 11) is -5.57. The molecule has 0 spiro atoms. The molecule has 1 saturated heterocycles. The highest BCUT2D eigenvalue weighted by Gasteiger charge is 2.32. The molecule has 1 aliphatic heterocycles. The van der Waals surface area contributed by atoms with Gasteiger partial charge in [-0.3, -0.25) is 4.79 Å². The normalized spacial score (nSPS) is 16.3. The molecule has 2 aromatic rings. The second-order valence-corrected chi connectivity index (χ2v) is 11.4. The molecule has 30 heavy (non-hydrogen) atoms. The van der Waals surface area contributed by atoms with Gasteiger partial charge in [0.2, 0.25) is 10.0 Å². The van der Waals surface area contributed by atoms with Gasteiger partial charge in [-0.05, 0) is 61.4 Å². The molecule has 0 atom stereocenters. The molecule has 0 saturated carbocycles. The SMILES string of the molecule is CCS(=O)(=O)c1ccc(S(=O)(=O)N2CCC(C(=O)c3ccc(OC)cc3)CC2)cc1. The van der Waals surface area contributed by atoms with Crippen LogP contribution >= 0.6 is 0 Å². The van der Waals surface area contributed by atoms with E-state index in [1.165, 1.54) is 35.5 Å². The Kier molecular flexibility index (Phi) is 6.64. The second kappa shape index (κ2) is 8.87. The van der Waals surface area contributed by atoms with Crippen molar-refractivity contribution in [1.82, 2.24) is 4.31 Å². The molecular formula is C21H25NO6S2. The van der Waals surface area contributed by atoms with Crippen LogP contribution in [0.15, 0.2) is 58.3 Å². The number of carbonyl (C=O) groups is 1. The van der Waals surface area contributed by atoms with E-state index in [9.17, 15) is 21.6 Å². The zero-order chi connectivity index (χ0) is 21.9. The molecule has 0 aliphatic carbocycles. The summed E-state index contributed by atoms with van der Waals surface area (Å²) >= 11 is 0. The van der Waals surface area contributed by atoms with Crippen LogP contribution in [0.25, 0.3) is 0 Å². The smallest absolute Gasteiger partial charge is 0.243 e. The monoisotopic (exact) mass is 451 g/mol.